The van der Waals surface area contributed by atoms with Crippen molar-refractivity contribution in [2.75, 3.05) is 33.3 Å². The zero-order chi connectivity index (χ0) is 27.7. The number of likely N-dealkylation sites (tertiary alicyclic amines) is 1. The monoisotopic (exact) mass is 530 g/mol. The summed E-state index contributed by atoms with van der Waals surface area (Å²) in [5.41, 5.74) is 2.61. The van der Waals surface area contributed by atoms with Gasteiger partial charge in [-0.1, -0.05) is 38.1 Å². The van der Waals surface area contributed by atoms with E-state index in [1.165, 1.54) is 6.42 Å². The number of aromatic nitrogens is 1. The van der Waals surface area contributed by atoms with Gasteiger partial charge in [-0.2, -0.15) is 0 Å². The molecule has 39 heavy (non-hydrogen) atoms. The first-order valence-electron chi connectivity index (χ1n) is 14.2. The molecule has 1 fully saturated rings. The van der Waals surface area contributed by atoms with Gasteiger partial charge in [0, 0.05) is 37.6 Å². The van der Waals surface area contributed by atoms with Gasteiger partial charge in [0.15, 0.2) is 0 Å². The van der Waals surface area contributed by atoms with Crippen LogP contribution in [0.2, 0.25) is 0 Å². The second kappa shape index (κ2) is 11.0. The quantitative estimate of drug-likeness (QED) is 0.423. The van der Waals surface area contributed by atoms with E-state index in [2.05, 4.69) is 24.1 Å². The Balaban J connectivity index is 1.39. The molecule has 2 aliphatic heterocycles. The molecule has 3 atom stereocenters. The third kappa shape index (κ3) is 5.42. The van der Waals surface area contributed by atoms with E-state index in [1.54, 1.807) is 12.0 Å². The normalized spacial score (nSPS) is 23.6. The van der Waals surface area contributed by atoms with Crippen molar-refractivity contribution in [3.63, 3.8) is 0 Å². The molecule has 7 nitrogen and oxygen atoms in total. The fourth-order valence-electron chi connectivity index (χ4n) is 6.53. The number of nitrogens with zero attached hydrogens (tertiary/aromatic N) is 3. The van der Waals surface area contributed by atoms with Crippen molar-refractivity contribution in [2.24, 2.45) is 11.8 Å². The van der Waals surface area contributed by atoms with Crippen molar-refractivity contribution in [2.45, 2.75) is 59.2 Å². The van der Waals surface area contributed by atoms with Gasteiger partial charge >= 0.3 is 0 Å². The summed E-state index contributed by atoms with van der Waals surface area (Å²) in [6, 6.07) is 15.8. The van der Waals surface area contributed by atoms with E-state index in [-0.39, 0.29) is 11.8 Å². The van der Waals surface area contributed by atoms with E-state index >= 15 is 0 Å². The number of benzene rings is 2. The van der Waals surface area contributed by atoms with Crippen LogP contribution in [0, 0.1) is 18.8 Å². The Morgan fingerprint density at radius 2 is 1.85 bits per heavy atom. The predicted molar refractivity (Wildman–Crippen MR) is 155 cm³/mol. The Hall–Kier alpha value is -3.32. The molecule has 1 saturated heterocycles. The molecular formula is C32H42N4O3. The van der Waals surface area contributed by atoms with Gasteiger partial charge in [0.05, 0.1) is 19.2 Å². The van der Waals surface area contributed by atoms with Crippen molar-refractivity contribution in [1.29, 1.82) is 0 Å². The van der Waals surface area contributed by atoms with Crippen molar-refractivity contribution < 1.29 is 14.3 Å². The molecule has 0 radical (unpaired) electrons. The van der Waals surface area contributed by atoms with Gasteiger partial charge in [0.1, 0.15) is 17.0 Å². The van der Waals surface area contributed by atoms with Gasteiger partial charge in [-0.05, 0) is 74.4 Å². The van der Waals surface area contributed by atoms with E-state index in [9.17, 15) is 9.59 Å². The topological polar surface area (TPSA) is 66.8 Å². The lowest BCUT2D eigenvalue weighted by molar-refractivity contribution is -0.133. The highest BCUT2D eigenvalue weighted by atomic mass is 16.5. The zero-order valence-corrected chi connectivity index (χ0v) is 24.0. The average Bonchev–Trinajstić information content (AvgIpc) is 3.26. The van der Waals surface area contributed by atoms with Crippen LogP contribution in [0.25, 0.3) is 10.9 Å². The molecular weight excluding hydrogens is 488 g/mol. The Kier molecular flexibility index (Phi) is 7.72. The van der Waals surface area contributed by atoms with Crippen LogP contribution in [-0.4, -0.2) is 65.0 Å². The van der Waals surface area contributed by atoms with Crippen LogP contribution in [0.5, 0.6) is 5.75 Å². The van der Waals surface area contributed by atoms with E-state index in [1.807, 2.05) is 66.9 Å². The Morgan fingerprint density at radius 1 is 1.10 bits per heavy atom. The Bertz CT molecular complexity index is 1350. The maximum atomic E-state index is 14.1. The number of rotatable bonds is 8. The third-order valence-electron chi connectivity index (χ3n) is 8.60. The van der Waals surface area contributed by atoms with E-state index in [4.69, 9.17) is 4.74 Å². The fraction of sp³-hybridized carbons (Fsp3) is 0.500. The van der Waals surface area contributed by atoms with Crippen LogP contribution >= 0.6 is 0 Å². The number of piperidine rings is 1. The van der Waals surface area contributed by atoms with E-state index in [0.717, 1.165) is 65.7 Å². The van der Waals surface area contributed by atoms with Gasteiger partial charge in [0.25, 0.3) is 5.91 Å². The maximum Gasteiger partial charge on any atom is 0.271 e. The first kappa shape index (κ1) is 27.3. The van der Waals surface area contributed by atoms with Crippen molar-refractivity contribution in [3.05, 3.63) is 65.4 Å². The number of amides is 2. The van der Waals surface area contributed by atoms with Crippen LogP contribution in [0.15, 0.2) is 48.5 Å². The SMILES string of the molecule is COc1ccc2cc3n(c2c1)C[C@](C)(C(=O)NCCCN1C[C@@H](C)C[C@H](C)C1)N(Cc1ccccc1C)C3=O. The van der Waals surface area contributed by atoms with Gasteiger partial charge < -0.3 is 24.4 Å². The number of aryl methyl sites for hydroxylation is 1. The zero-order valence-electron chi connectivity index (χ0n) is 24.0. The molecule has 2 amide bonds. The highest BCUT2D eigenvalue weighted by Gasteiger charge is 2.47. The second-order valence-electron chi connectivity index (χ2n) is 11.9. The van der Waals surface area contributed by atoms with Crippen molar-refractivity contribution in [3.8, 4) is 5.75 Å². The summed E-state index contributed by atoms with van der Waals surface area (Å²) in [5.74, 6) is 1.92. The number of nitrogens with one attached hydrogen (secondary N) is 1. The standard InChI is InChI=1S/C32H42N4O3/c1-22-15-23(2)19-34(18-22)14-8-13-33-31(38)32(4)21-35-28-17-27(39-5)12-11-25(28)16-29(35)30(37)36(32)20-26-10-7-6-9-24(26)3/h6-7,9-12,16-17,22-23H,8,13-15,18-21H2,1-5H3,(H,33,38)/t22-,23-,32+/m0/s1. The smallest absolute Gasteiger partial charge is 0.271 e. The predicted octanol–water partition coefficient (Wildman–Crippen LogP) is 4.86. The minimum Gasteiger partial charge on any atom is -0.497 e. The molecule has 7 heteroatoms. The molecule has 208 valence electrons. The number of fused-ring (bicyclic) bond motifs is 3. The molecule has 1 N–H and O–H groups in total. The number of hydrogen-bond acceptors (Lipinski definition) is 4. The van der Waals surface area contributed by atoms with Crippen molar-refractivity contribution in [1.82, 2.24) is 19.7 Å². The lowest BCUT2D eigenvalue weighted by atomic mass is 9.92. The fourth-order valence-corrected chi connectivity index (χ4v) is 6.53. The molecule has 3 aromatic rings. The summed E-state index contributed by atoms with van der Waals surface area (Å²) in [5, 5.41) is 4.16. The molecule has 0 unspecified atom stereocenters. The molecule has 0 saturated carbocycles. The average molecular weight is 531 g/mol. The lowest BCUT2D eigenvalue weighted by Crippen LogP contribution is -2.63. The summed E-state index contributed by atoms with van der Waals surface area (Å²) in [7, 11) is 1.64. The first-order chi connectivity index (χ1) is 18.7. The molecule has 0 bridgehead atoms. The number of carbonyl (C=O) groups is 2. The molecule has 2 aliphatic rings. The number of methoxy groups -OCH3 is 1. The Labute approximate surface area is 232 Å². The van der Waals surface area contributed by atoms with Crippen LogP contribution < -0.4 is 10.1 Å². The molecule has 2 aromatic carbocycles. The molecule has 1 aromatic heterocycles. The van der Waals surface area contributed by atoms with Gasteiger partial charge in [-0.3, -0.25) is 9.59 Å². The maximum absolute atomic E-state index is 14.1. The summed E-state index contributed by atoms with van der Waals surface area (Å²) in [6.45, 7) is 13.2. The van der Waals surface area contributed by atoms with E-state index < -0.39 is 5.54 Å². The van der Waals surface area contributed by atoms with Gasteiger partial charge in [0.2, 0.25) is 5.91 Å². The highest BCUT2D eigenvalue weighted by molar-refractivity contribution is 6.03. The minimum absolute atomic E-state index is 0.111. The largest absolute Gasteiger partial charge is 0.497 e. The third-order valence-corrected chi connectivity index (χ3v) is 8.60. The number of ether oxygens (including phenoxy) is 1. The molecule has 3 heterocycles. The van der Waals surface area contributed by atoms with Crippen LogP contribution in [0.3, 0.4) is 0 Å². The molecule has 5 rings (SSSR count). The van der Waals surface area contributed by atoms with Crippen molar-refractivity contribution >= 4 is 22.7 Å². The van der Waals surface area contributed by atoms with Gasteiger partial charge in [-0.15, -0.1) is 0 Å². The summed E-state index contributed by atoms with van der Waals surface area (Å²) in [6.07, 6.45) is 2.18. The van der Waals surface area contributed by atoms with Crippen LogP contribution in [0.1, 0.15) is 55.2 Å². The Morgan fingerprint density at radius 3 is 2.56 bits per heavy atom. The molecule has 0 spiro atoms. The number of carbonyl (C=O) groups excluding carboxylic acids is 2. The van der Waals surface area contributed by atoms with E-state index in [0.29, 0.717) is 25.3 Å². The minimum atomic E-state index is -1.05. The number of hydrogen-bond donors (Lipinski definition) is 1. The van der Waals surface area contributed by atoms with Crippen LogP contribution in [-0.2, 0) is 17.9 Å². The molecule has 0 aliphatic carbocycles. The summed E-state index contributed by atoms with van der Waals surface area (Å²) in [4.78, 5) is 32.3. The van der Waals surface area contributed by atoms with Crippen LogP contribution in [0.4, 0.5) is 0 Å². The van der Waals surface area contributed by atoms with Gasteiger partial charge in [-0.25, -0.2) is 0 Å². The second-order valence-corrected chi connectivity index (χ2v) is 11.9. The summed E-state index contributed by atoms with van der Waals surface area (Å²) < 4.78 is 7.45. The lowest BCUT2D eigenvalue weighted by Gasteiger charge is -2.44. The first-order valence-corrected chi connectivity index (χ1v) is 14.2. The highest BCUT2D eigenvalue weighted by Crippen LogP contribution is 2.35. The summed E-state index contributed by atoms with van der Waals surface area (Å²) >= 11 is 0.